The van der Waals surface area contributed by atoms with Crippen molar-refractivity contribution in [3.8, 4) is 11.5 Å². The molecule has 1 aromatic carbocycles. The first-order valence-electron chi connectivity index (χ1n) is 8.03. The summed E-state index contributed by atoms with van der Waals surface area (Å²) in [7, 11) is 0. The van der Waals surface area contributed by atoms with Crippen LogP contribution in [-0.4, -0.2) is 26.6 Å². The summed E-state index contributed by atoms with van der Waals surface area (Å²) in [4.78, 5) is 10.8. The molecule has 5 nitrogen and oxygen atoms in total. The fraction of sp³-hybridized carbons (Fsp3) is 0.278. The van der Waals surface area contributed by atoms with E-state index in [-0.39, 0.29) is 11.9 Å². The zero-order valence-electron chi connectivity index (χ0n) is 13.1. The number of aromatic nitrogens is 3. The fourth-order valence-electron chi connectivity index (χ4n) is 3.10. The van der Waals surface area contributed by atoms with Crippen molar-refractivity contribution in [1.29, 1.82) is 0 Å². The van der Waals surface area contributed by atoms with Gasteiger partial charge in [-0.3, -0.25) is 4.90 Å². The third kappa shape index (κ3) is 3.05. The van der Waals surface area contributed by atoms with E-state index in [1.807, 2.05) is 18.2 Å². The van der Waals surface area contributed by atoms with E-state index in [4.69, 9.17) is 4.52 Å². The molecule has 0 unspecified atom stereocenters. The van der Waals surface area contributed by atoms with Crippen LogP contribution < -0.4 is 0 Å². The van der Waals surface area contributed by atoms with Crippen molar-refractivity contribution in [2.75, 3.05) is 6.54 Å². The molecule has 2 aromatic heterocycles. The second-order valence-corrected chi connectivity index (χ2v) is 5.93. The molecule has 1 aliphatic heterocycles. The van der Waals surface area contributed by atoms with Crippen LogP contribution in [0.15, 0.2) is 53.2 Å². The number of nitrogens with zero attached hydrogens (tertiary/aromatic N) is 4. The normalized spacial score (nSPS) is 18.1. The predicted molar refractivity (Wildman–Crippen MR) is 86.3 cm³/mol. The van der Waals surface area contributed by atoms with Gasteiger partial charge in [0.2, 0.25) is 11.7 Å². The van der Waals surface area contributed by atoms with E-state index < -0.39 is 0 Å². The summed E-state index contributed by atoms with van der Waals surface area (Å²) >= 11 is 0. The van der Waals surface area contributed by atoms with Crippen LogP contribution in [0, 0.1) is 5.82 Å². The van der Waals surface area contributed by atoms with E-state index in [0.717, 1.165) is 32.1 Å². The molecule has 1 saturated heterocycles. The first-order valence-corrected chi connectivity index (χ1v) is 8.03. The molecule has 0 N–H and O–H groups in total. The van der Waals surface area contributed by atoms with Gasteiger partial charge in [0.1, 0.15) is 11.5 Å². The summed E-state index contributed by atoms with van der Waals surface area (Å²) in [5, 5.41) is 4.00. The fourth-order valence-corrected chi connectivity index (χ4v) is 3.10. The lowest BCUT2D eigenvalue weighted by Crippen LogP contribution is -2.22. The highest BCUT2D eigenvalue weighted by Crippen LogP contribution is 2.32. The van der Waals surface area contributed by atoms with Crippen molar-refractivity contribution in [3.63, 3.8) is 0 Å². The van der Waals surface area contributed by atoms with Gasteiger partial charge in [0, 0.05) is 6.54 Å². The molecule has 0 aliphatic carbocycles. The number of hydrogen-bond acceptors (Lipinski definition) is 5. The zero-order valence-corrected chi connectivity index (χ0v) is 13.1. The van der Waals surface area contributed by atoms with E-state index in [2.05, 4.69) is 32.2 Å². The van der Waals surface area contributed by atoms with Crippen molar-refractivity contribution in [3.05, 3.63) is 65.9 Å². The van der Waals surface area contributed by atoms with E-state index in [9.17, 15) is 4.39 Å². The van der Waals surface area contributed by atoms with E-state index in [1.165, 1.54) is 11.6 Å². The Morgan fingerprint density at radius 2 is 2.04 bits per heavy atom. The number of hydrogen-bond donors (Lipinski definition) is 0. The van der Waals surface area contributed by atoms with Gasteiger partial charge in [0.25, 0.3) is 0 Å². The second-order valence-electron chi connectivity index (χ2n) is 5.93. The zero-order chi connectivity index (χ0) is 16.4. The van der Waals surface area contributed by atoms with Crippen LogP contribution in [0.3, 0.4) is 0 Å². The quantitative estimate of drug-likeness (QED) is 0.734. The minimum atomic E-state index is -0.382. The summed E-state index contributed by atoms with van der Waals surface area (Å²) in [5.74, 6) is 0.619. The highest BCUT2D eigenvalue weighted by molar-refractivity contribution is 5.47. The molecule has 0 amide bonds. The van der Waals surface area contributed by atoms with Crippen molar-refractivity contribution in [2.24, 2.45) is 0 Å². The Morgan fingerprint density at radius 3 is 2.83 bits per heavy atom. The molecular weight excluding hydrogens is 307 g/mol. The lowest BCUT2D eigenvalue weighted by Gasteiger charge is -2.21. The molecule has 1 fully saturated rings. The molecule has 0 bridgehead atoms. The van der Waals surface area contributed by atoms with E-state index in [0.29, 0.717) is 17.4 Å². The molecule has 1 aliphatic rings. The molecular formula is C18H17FN4O. The largest absolute Gasteiger partial charge is 0.337 e. The molecule has 24 heavy (non-hydrogen) atoms. The average molecular weight is 324 g/mol. The summed E-state index contributed by atoms with van der Waals surface area (Å²) in [6, 6.07) is 13.4. The second kappa shape index (κ2) is 6.49. The number of rotatable bonds is 4. The lowest BCUT2D eigenvalue weighted by molar-refractivity contribution is 0.201. The SMILES string of the molecule is Fc1ccc(-c2noc([C@@H]3CCCN3Cc3ccccc3)n2)nc1. The van der Waals surface area contributed by atoms with Crippen LogP contribution in [0.1, 0.15) is 30.3 Å². The topological polar surface area (TPSA) is 55.1 Å². The molecule has 6 heteroatoms. The highest BCUT2D eigenvalue weighted by Gasteiger charge is 2.30. The van der Waals surface area contributed by atoms with Crippen molar-refractivity contribution in [2.45, 2.75) is 25.4 Å². The van der Waals surface area contributed by atoms with Crippen LogP contribution in [-0.2, 0) is 6.54 Å². The number of halogens is 1. The first kappa shape index (κ1) is 15.0. The summed E-state index contributed by atoms with van der Waals surface area (Å²) in [6.45, 7) is 1.87. The Labute approximate surface area is 139 Å². The molecule has 4 rings (SSSR count). The Kier molecular flexibility index (Phi) is 4.04. The van der Waals surface area contributed by atoms with Gasteiger partial charge in [0.05, 0.1) is 12.2 Å². The molecule has 0 saturated carbocycles. The third-order valence-corrected chi connectivity index (χ3v) is 4.28. The minimum absolute atomic E-state index is 0.118. The molecule has 3 aromatic rings. The molecule has 0 radical (unpaired) electrons. The average Bonchev–Trinajstić information content (AvgIpc) is 3.25. The Bertz CT molecular complexity index is 803. The molecule has 122 valence electrons. The summed E-state index contributed by atoms with van der Waals surface area (Å²) in [5.41, 5.74) is 1.78. The lowest BCUT2D eigenvalue weighted by atomic mass is 10.2. The highest BCUT2D eigenvalue weighted by atomic mass is 19.1. The van der Waals surface area contributed by atoms with E-state index in [1.54, 1.807) is 6.07 Å². The molecule has 3 heterocycles. The van der Waals surface area contributed by atoms with Gasteiger partial charge >= 0.3 is 0 Å². The number of likely N-dealkylation sites (tertiary alicyclic amines) is 1. The molecule has 0 spiro atoms. The van der Waals surface area contributed by atoms with Crippen LogP contribution in [0.25, 0.3) is 11.5 Å². The predicted octanol–water partition coefficient (Wildman–Crippen LogP) is 3.61. The monoisotopic (exact) mass is 324 g/mol. The van der Waals surface area contributed by atoms with Gasteiger partial charge in [-0.1, -0.05) is 35.5 Å². The van der Waals surface area contributed by atoms with Crippen molar-refractivity contribution >= 4 is 0 Å². The van der Waals surface area contributed by atoms with Crippen LogP contribution in [0.2, 0.25) is 0 Å². The smallest absolute Gasteiger partial charge is 0.244 e. The van der Waals surface area contributed by atoms with E-state index >= 15 is 0 Å². The van der Waals surface area contributed by atoms with Gasteiger partial charge < -0.3 is 4.52 Å². The Morgan fingerprint density at radius 1 is 1.17 bits per heavy atom. The van der Waals surface area contributed by atoms with Gasteiger partial charge in [-0.05, 0) is 37.1 Å². The van der Waals surface area contributed by atoms with Gasteiger partial charge in [-0.15, -0.1) is 0 Å². The number of benzene rings is 1. The third-order valence-electron chi connectivity index (χ3n) is 4.28. The minimum Gasteiger partial charge on any atom is -0.337 e. The van der Waals surface area contributed by atoms with Gasteiger partial charge in [-0.25, -0.2) is 9.37 Å². The van der Waals surface area contributed by atoms with Crippen LogP contribution in [0.5, 0.6) is 0 Å². The summed E-state index contributed by atoms with van der Waals surface area (Å²) < 4.78 is 18.4. The maximum absolute atomic E-state index is 13.0. The van der Waals surface area contributed by atoms with Crippen molar-refractivity contribution in [1.82, 2.24) is 20.0 Å². The molecule has 1 atom stereocenters. The maximum atomic E-state index is 13.0. The summed E-state index contributed by atoms with van der Waals surface area (Å²) in [6.07, 6.45) is 3.25. The van der Waals surface area contributed by atoms with Crippen molar-refractivity contribution < 1.29 is 8.91 Å². The Balaban J connectivity index is 1.53. The van der Waals surface area contributed by atoms with Gasteiger partial charge in [-0.2, -0.15) is 4.98 Å². The van der Waals surface area contributed by atoms with Crippen LogP contribution >= 0.6 is 0 Å². The van der Waals surface area contributed by atoms with Gasteiger partial charge in [0.15, 0.2) is 0 Å². The standard InChI is InChI=1S/C18H17FN4O/c19-14-8-9-15(20-11-14)17-21-18(24-22-17)16-7-4-10-23(16)12-13-5-2-1-3-6-13/h1-3,5-6,8-9,11,16H,4,7,10,12H2/t16-/m0/s1. The first-order chi connectivity index (χ1) is 11.8. The van der Waals surface area contributed by atoms with Crippen LogP contribution in [0.4, 0.5) is 4.39 Å². The maximum Gasteiger partial charge on any atom is 0.244 e. The number of pyridine rings is 1. The Hall–Kier alpha value is -2.60.